The number of anilines is 1. The Labute approximate surface area is 179 Å². The molecule has 0 aliphatic carbocycles. The summed E-state index contributed by atoms with van der Waals surface area (Å²) in [7, 11) is 3.83. The number of nitrogens with zero attached hydrogens (tertiary/aromatic N) is 5. The van der Waals surface area contributed by atoms with Crippen LogP contribution < -0.4 is 5.73 Å². The SMILES string of the molecule is CN(C)Cc1[c]c(Cc2c(F)cccc2F)cc(-c2ccc(-n3nccn3)cn2)c1N. The Morgan fingerprint density at radius 2 is 1.77 bits per heavy atom. The predicted octanol–water partition coefficient (Wildman–Crippen LogP) is 3.64. The van der Waals surface area contributed by atoms with E-state index in [0.717, 1.165) is 5.56 Å². The number of pyridine rings is 1. The second-order valence-corrected chi connectivity index (χ2v) is 7.44. The van der Waals surface area contributed by atoms with Gasteiger partial charge >= 0.3 is 0 Å². The molecule has 8 heteroatoms. The highest BCUT2D eigenvalue weighted by Crippen LogP contribution is 2.31. The van der Waals surface area contributed by atoms with Crippen LogP contribution in [0.3, 0.4) is 0 Å². The number of nitrogens with two attached hydrogens (primary N) is 1. The van der Waals surface area contributed by atoms with Gasteiger partial charge in [-0.2, -0.15) is 15.0 Å². The highest BCUT2D eigenvalue weighted by atomic mass is 19.1. The van der Waals surface area contributed by atoms with Crippen molar-refractivity contribution in [2.45, 2.75) is 13.0 Å². The first-order valence-corrected chi connectivity index (χ1v) is 9.66. The second-order valence-electron chi connectivity index (χ2n) is 7.44. The fourth-order valence-electron chi connectivity index (χ4n) is 3.36. The van der Waals surface area contributed by atoms with E-state index >= 15 is 0 Å². The molecule has 0 bridgehead atoms. The zero-order chi connectivity index (χ0) is 22.0. The predicted molar refractivity (Wildman–Crippen MR) is 114 cm³/mol. The topological polar surface area (TPSA) is 72.9 Å². The summed E-state index contributed by atoms with van der Waals surface area (Å²) < 4.78 is 28.4. The van der Waals surface area contributed by atoms with Crippen LogP contribution in [-0.2, 0) is 13.0 Å². The van der Waals surface area contributed by atoms with Crippen molar-refractivity contribution in [2.75, 3.05) is 19.8 Å². The zero-order valence-corrected chi connectivity index (χ0v) is 17.2. The second kappa shape index (κ2) is 8.61. The Hall–Kier alpha value is -3.65. The first-order valence-electron chi connectivity index (χ1n) is 9.66. The summed E-state index contributed by atoms with van der Waals surface area (Å²) in [5.74, 6) is -1.18. The summed E-state index contributed by atoms with van der Waals surface area (Å²) in [6, 6.07) is 12.5. The van der Waals surface area contributed by atoms with Crippen molar-refractivity contribution in [3.63, 3.8) is 0 Å². The van der Waals surface area contributed by atoms with Crippen LogP contribution in [0.1, 0.15) is 16.7 Å². The zero-order valence-electron chi connectivity index (χ0n) is 17.2. The van der Waals surface area contributed by atoms with Crippen molar-refractivity contribution in [3.8, 4) is 16.9 Å². The van der Waals surface area contributed by atoms with E-state index in [1.807, 2.05) is 31.1 Å². The van der Waals surface area contributed by atoms with E-state index in [1.165, 1.54) is 23.0 Å². The average Bonchev–Trinajstić information content (AvgIpc) is 3.28. The average molecular weight is 419 g/mol. The van der Waals surface area contributed by atoms with Crippen LogP contribution in [0, 0.1) is 17.7 Å². The van der Waals surface area contributed by atoms with Gasteiger partial charge in [0.2, 0.25) is 0 Å². The van der Waals surface area contributed by atoms with E-state index < -0.39 is 11.6 Å². The van der Waals surface area contributed by atoms with Crippen LogP contribution in [0.5, 0.6) is 0 Å². The molecule has 6 nitrogen and oxygen atoms in total. The molecule has 4 aromatic rings. The van der Waals surface area contributed by atoms with Gasteiger partial charge in [0, 0.05) is 29.8 Å². The van der Waals surface area contributed by atoms with Crippen molar-refractivity contribution >= 4 is 5.69 Å². The molecule has 157 valence electrons. The molecular formula is C23H21F2N6. The Morgan fingerprint density at radius 3 is 2.39 bits per heavy atom. The van der Waals surface area contributed by atoms with Crippen LogP contribution in [0.25, 0.3) is 16.9 Å². The molecule has 4 rings (SSSR count). The van der Waals surface area contributed by atoms with E-state index in [9.17, 15) is 8.78 Å². The van der Waals surface area contributed by atoms with E-state index in [2.05, 4.69) is 21.2 Å². The third-order valence-electron chi connectivity index (χ3n) is 4.82. The van der Waals surface area contributed by atoms with Gasteiger partial charge in [-0.25, -0.2) is 8.78 Å². The molecule has 1 radical (unpaired) electrons. The summed E-state index contributed by atoms with van der Waals surface area (Å²) in [5, 5.41) is 8.18. The quantitative estimate of drug-likeness (QED) is 0.483. The fraction of sp³-hybridized carbons (Fsp3) is 0.174. The lowest BCUT2D eigenvalue weighted by Gasteiger charge is -2.17. The molecule has 2 aromatic heterocycles. The Balaban J connectivity index is 1.77. The number of hydrogen-bond acceptors (Lipinski definition) is 5. The maximum absolute atomic E-state index is 14.2. The Bertz CT molecular complexity index is 1170. The minimum absolute atomic E-state index is 0.00154. The number of hydrogen-bond donors (Lipinski definition) is 1. The number of nitrogen functional groups attached to an aromatic ring is 1. The first kappa shape index (κ1) is 20.6. The summed E-state index contributed by atoms with van der Waals surface area (Å²) in [6.07, 6.45) is 4.87. The molecule has 0 saturated carbocycles. The first-order chi connectivity index (χ1) is 14.9. The van der Waals surface area contributed by atoms with Crippen LogP contribution >= 0.6 is 0 Å². The molecular weight excluding hydrogens is 398 g/mol. The van der Waals surface area contributed by atoms with E-state index in [4.69, 9.17) is 5.73 Å². The standard InChI is InChI=1S/C23H21F2N6/c1-30(2)14-16-10-15(11-18-20(24)4-3-5-21(18)25)12-19(23(16)26)22-7-6-17(13-27-22)31-28-8-9-29-31/h3-9,12-13H,11,14,26H2,1-2H3. The van der Waals surface area contributed by atoms with Crippen molar-refractivity contribution in [2.24, 2.45) is 0 Å². The Morgan fingerprint density at radius 1 is 1.06 bits per heavy atom. The van der Waals surface area contributed by atoms with Gasteiger partial charge < -0.3 is 10.6 Å². The molecule has 0 spiro atoms. The lowest BCUT2D eigenvalue weighted by atomic mass is 9.95. The molecule has 2 aromatic carbocycles. The molecule has 0 aliphatic heterocycles. The molecule has 0 amide bonds. The fourth-order valence-corrected chi connectivity index (χ4v) is 3.36. The molecule has 31 heavy (non-hydrogen) atoms. The normalized spacial score (nSPS) is 11.3. The van der Waals surface area contributed by atoms with Gasteiger partial charge in [0.15, 0.2) is 0 Å². The number of halogens is 2. The maximum Gasteiger partial charge on any atom is 0.129 e. The summed E-state index contributed by atoms with van der Waals surface area (Å²) in [4.78, 5) is 7.93. The summed E-state index contributed by atoms with van der Waals surface area (Å²) >= 11 is 0. The van der Waals surface area contributed by atoms with Crippen LogP contribution in [0.4, 0.5) is 14.5 Å². The van der Waals surface area contributed by atoms with Gasteiger partial charge in [-0.3, -0.25) is 4.98 Å². The van der Waals surface area contributed by atoms with Crippen LogP contribution in [0.15, 0.2) is 55.0 Å². The number of rotatable bonds is 6. The monoisotopic (exact) mass is 419 g/mol. The van der Waals surface area contributed by atoms with Gasteiger partial charge in [-0.1, -0.05) is 6.07 Å². The van der Waals surface area contributed by atoms with Crippen LogP contribution in [-0.4, -0.2) is 39.0 Å². The van der Waals surface area contributed by atoms with Crippen LogP contribution in [0.2, 0.25) is 0 Å². The van der Waals surface area contributed by atoms with Gasteiger partial charge in [0.05, 0.1) is 24.3 Å². The van der Waals surface area contributed by atoms with E-state index in [1.54, 1.807) is 24.7 Å². The van der Waals surface area contributed by atoms with Crippen molar-refractivity contribution in [1.29, 1.82) is 0 Å². The highest BCUT2D eigenvalue weighted by molar-refractivity contribution is 5.77. The van der Waals surface area contributed by atoms with Gasteiger partial charge in [0.1, 0.15) is 17.3 Å². The minimum Gasteiger partial charge on any atom is -0.398 e. The molecule has 0 aliphatic rings. The maximum atomic E-state index is 14.2. The highest BCUT2D eigenvalue weighted by Gasteiger charge is 2.16. The smallest absolute Gasteiger partial charge is 0.129 e. The summed E-state index contributed by atoms with van der Waals surface area (Å²) in [6.45, 7) is 0.529. The molecule has 0 unspecified atom stereocenters. The number of aromatic nitrogens is 4. The third-order valence-corrected chi connectivity index (χ3v) is 4.82. The molecule has 2 heterocycles. The molecule has 0 saturated heterocycles. The van der Waals surface area contributed by atoms with Crippen molar-refractivity contribution < 1.29 is 8.78 Å². The third kappa shape index (κ3) is 4.44. The van der Waals surface area contributed by atoms with Gasteiger partial charge in [-0.15, -0.1) is 0 Å². The lowest BCUT2D eigenvalue weighted by Crippen LogP contribution is -2.14. The van der Waals surface area contributed by atoms with E-state index in [0.29, 0.717) is 34.7 Å². The van der Waals surface area contributed by atoms with Crippen molar-refractivity contribution in [3.05, 3.63) is 89.4 Å². The van der Waals surface area contributed by atoms with Crippen molar-refractivity contribution in [1.82, 2.24) is 24.9 Å². The lowest BCUT2D eigenvalue weighted by molar-refractivity contribution is 0.403. The molecule has 2 N–H and O–H groups in total. The molecule has 0 atom stereocenters. The van der Waals surface area contributed by atoms with Gasteiger partial charge in [0.25, 0.3) is 0 Å². The molecule has 0 fully saturated rings. The number of benzene rings is 2. The summed E-state index contributed by atoms with van der Waals surface area (Å²) in [5.41, 5.74) is 10.4. The minimum atomic E-state index is -0.588. The van der Waals surface area contributed by atoms with Gasteiger partial charge in [-0.05, 0) is 61.6 Å². The van der Waals surface area contributed by atoms with E-state index in [-0.39, 0.29) is 12.0 Å². The largest absolute Gasteiger partial charge is 0.398 e. The Kier molecular flexibility index (Phi) is 5.73.